The van der Waals surface area contributed by atoms with Crippen LogP contribution < -0.4 is 10.6 Å². The van der Waals surface area contributed by atoms with Gasteiger partial charge < -0.3 is 15.4 Å². The highest BCUT2D eigenvalue weighted by molar-refractivity contribution is 9.10. The molecule has 17 heavy (non-hydrogen) atoms. The van der Waals surface area contributed by atoms with Crippen LogP contribution in [0.2, 0.25) is 5.02 Å². The zero-order valence-electron chi connectivity index (χ0n) is 9.91. The Hall–Kier alpha value is -0.450. The largest absolute Gasteiger partial charge is 0.399 e. The van der Waals surface area contributed by atoms with Gasteiger partial charge in [0.15, 0.2) is 0 Å². The summed E-state index contributed by atoms with van der Waals surface area (Å²) in [5.41, 5.74) is 7.42. The zero-order valence-corrected chi connectivity index (χ0v) is 12.3. The van der Waals surface area contributed by atoms with Crippen molar-refractivity contribution in [2.75, 3.05) is 23.7 Å². The minimum absolute atomic E-state index is 0.208. The van der Waals surface area contributed by atoms with Crippen molar-refractivity contribution in [1.82, 2.24) is 0 Å². The van der Waals surface area contributed by atoms with Gasteiger partial charge in [-0.15, -0.1) is 0 Å². The first-order chi connectivity index (χ1) is 7.97. The summed E-state index contributed by atoms with van der Waals surface area (Å²) in [6, 6.07) is 3.67. The molecule has 2 rings (SSSR count). The molecule has 0 spiro atoms. The van der Waals surface area contributed by atoms with Crippen molar-refractivity contribution in [2.24, 2.45) is 0 Å². The molecule has 0 unspecified atom stereocenters. The first-order valence-corrected chi connectivity index (χ1v) is 6.79. The van der Waals surface area contributed by atoms with Gasteiger partial charge in [0.25, 0.3) is 0 Å². The Bertz CT molecular complexity index is 394. The maximum atomic E-state index is 6.27. The Balaban J connectivity index is 2.33. The fourth-order valence-corrected chi connectivity index (χ4v) is 3.44. The van der Waals surface area contributed by atoms with Gasteiger partial charge in [-0.2, -0.15) is 0 Å². The van der Waals surface area contributed by atoms with Crippen molar-refractivity contribution in [3.05, 3.63) is 21.6 Å². The summed E-state index contributed by atoms with van der Waals surface area (Å²) in [5, 5.41) is 0.679. The molecular formula is C12H16BrClN2O. The van der Waals surface area contributed by atoms with Gasteiger partial charge in [-0.1, -0.05) is 11.6 Å². The van der Waals surface area contributed by atoms with Crippen LogP contribution in [-0.4, -0.2) is 25.3 Å². The van der Waals surface area contributed by atoms with Crippen molar-refractivity contribution in [3.8, 4) is 0 Å². The molecule has 1 aromatic carbocycles. The third kappa shape index (κ3) is 2.87. The van der Waals surface area contributed by atoms with Crippen LogP contribution in [0.1, 0.15) is 13.8 Å². The summed E-state index contributed by atoms with van der Waals surface area (Å²) >= 11 is 9.80. The van der Waals surface area contributed by atoms with E-state index in [4.69, 9.17) is 22.1 Å². The normalized spacial score (nSPS) is 25.1. The average Bonchev–Trinajstić information content (AvgIpc) is 2.13. The minimum atomic E-state index is 0.208. The molecule has 1 heterocycles. The Morgan fingerprint density at radius 1 is 1.35 bits per heavy atom. The van der Waals surface area contributed by atoms with E-state index < -0.39 is 0 Å². The van der Waals surface area contributed by atoms with Crippen molar-refractivity contribution in [3.63, 3.8) is 0 Å². The van der Waals surface area contributed by atoms with Crippen LogP contribution in [-0.2, 0) is 4.74 Å². The molecule has 0 amide bonds. The molecule has 2 atom stereocenters. The van der Waals surface area contributed by atoms with Crippen molar-refractivity contribution in [2.45, 2.75) is 26.1 Å². The number of anilines is 2. The average molecular weight is 320 g/mol. The van der Waals surface area contributed by atoms with Crippen molar-refractivity contribution >= 4 is 38.9 Å². The van der Waals surface area contributed by atoms with E-state index in [1.165, 1.54) is 0 Å². The zero-order chi connectivity index (χ0) is 12.6. The fourth-order valence-electron chi connectivity index (χ4n) is 2.25. The smallest absolute Gasteiger partial charge is 0.0726 e. The van der Waals surface area contributed by atoms with Gasteiger partial charge in [0.05, 0.1) is 22.9 Å². The van der Waals surface area contributed by atoms with Crippen molar-refractivity contribution in [1.29, 1.82) is 0 Å². The lowest BCUT2D eigenvalue weighted by Crippen LogP contribution is -2.45. The monoisotopic (exact) mass is 318 g/mol. The van der Waals surface area contributed by atoms with E-state index in [9.17, 15) is 0 Å². The summed E-state index contributed by atoms with van der Waals surface area (Å²) in [7, 11) is 0. The van der Waals surface area contributed by atoms with E-state index in [1.807, 2.05) is 6.07 Å². The van der Waals surface area contributed by atoms with Crippen molar-refractivity contribution < 1.29 is 4.74 Å². The molecule has 0 bridgehead atoms. The lowest BCUT2D eigenvalue weighted by atomic mass is 10.2. The highest BCUT2D eigenvalue weighted by Gasteiger charge is 2.25. The SMILES string of the molecule is C[C@H]1CN(c2c(Cl)cc(N)cc2Br)C[C@H](C)O1. The highest BCUT2D eigenvalue weighted by Crippen LogP contribution is 2.37. The third-order valence-electron chi connectivity index (χ3n) is 2.78. The van der Waals surface area contributed by atoms with E-state index in [2.05, 4.69) is 34.7 Å². The molecule has 0 aliphatic carbocycles. The lowest BCUT2D eigenvalue weighted by molar-refractivity contribution is -0.00524. The summed E-state index contributed by atoms with van der Waals surface area (Å²) in [6.45, 7) is 5.82. The van der Waals surface area contributed by atoms with Crippen LogP contribution in [0.5, 0.6) is 0 Å². The Kier molecular flexibility index (Phi) is 3.85. The molecule has 0 radical (unpaired) electrons. The van der Waals surface area contributed by atoms with E-state index >= 15 is 0 Å². The third-order valence-corrected chi connectivity index (χ3v) is 3.67. The maximum Gasteiger partial charge on any atom is 0.0726 e. The van der Waals surface area contributed by atoms with Crippen LogP contribution in [0.15, 0.2) is 16.6 Å². The quantitative estimate of drug-likeness (QED) is 0.807. The number of nitrogen functional groups attached to an aromatic ring is 1. The number of nitrogens with two attached hydrogens (primary N) is 1. The number of benzene rings is 1. The summed E-state index contributed by atoms with van der Waals surface area (Å²) < 4.78 is 6.65. The number of ether oxygens (including phenoxy) is 1. The Morgan fingerprint density at radius 2 is 1.94 bits per heavy atom. The van der Waals surface area contributed by atoms with Crippen LogP contribution in [0.4, 0.5) is 11.4 Å². The van der Waals surface area contributed by atoms with E-state index in [-0.39, 0.29) is 12.2 Å². The van der Waals surface area contributed by atoms with E-state index in [0.29, 0.717) is 10.7 Å². The first-order valence-electron chi connectivity index (χ1n) is 5.62. The van der Waals surface area contributed by atoms with Crippen LogP contribution in [0.25, 0.3) is 0 Å². The molecule has 1 fully saturated rings. The van der Waals surface area contributed by atoms with Gasteiger partial charge in [-0.3, -0.25) is 0 Å². The number of nitrogens with zero attached hydrogens (tertiary/aromatic N) is 1. The molecule has 1 aliphatic heterocycles. The van der Waals surface area contributed by atoms with Crippen LogP contribution in [0.3, 0.4) is 0 Å². The highest BCUT2D eigenvalue weighted by atomic mass is 79.9. The minimum Gasteiger partial charge on any atom is -0.399 e. The molecule has 0 aromatic heterocycles. The van der Waals surface area contributed by atoms with E-state index in [0.717, 1.165) is 23.2 Å². The van der Waals surface area contributed by atoms with Crippen LogP contribution >= 0.6 is 27.5 Å². The second-order valence-corrected chi connectivity index (χ2v) is 5.76. The summed E-state index contributed by atoms with van der Waals surface area (Å²) in [4.78, 5) is 2.24. The summed E-state index contributed by atoms with van der Waals surface area (Å²) in [6.07, 6.45) is 0.415. The number of hydrogen-bond donors (Lipinski definition) is 1. The van der Waals surface area contributed by atoms with Crippen LogP contribution in [0, 0.1) is 0 Å². The van der Waals surface area contributed by atoms with Gasteiger partial charge in [-0.25, -0.2) is 0 Å². The predicted molar refractivity (Wildman–Crippen MR) is 75.8 cm³/mol. The molecule has 1 aromatic rings. The molecule has 1 aliphatic rings. The summed E-state index contributed by atoms with van der Waals surface area (Å²) in [5.74, 6) is 0. The number of rotatable bonds is 1. The lowest BCUT2D eigenvalue weighted by Gasteiger charge is -2.37. The maximum absolute atomic E-state index is 6.27. The van der Waals surface area contributed by atoms with Gasteiger partial charge in [0.2, 0.25) is 0 Å². The molecule has 2 N–H and O–H groups in total. The van der Waals surface area contributed by atoms with Gasteiger partial charge in [0.1, 0.15) is 0 Å². The second kappa shape index (κ2) is 5.04. The molecule has 94 valence electrons. The second-order valence-electron chi connectivity index (χ2n) is 4.50. The first kappa shape index (κ1) is 13.0. The fraction of sp³-hybridized carbons (Fsp3) is 0.500. The topological polar surface area (TPSA) is 38.5 Å². The van der Waals surface area contributed by atoms with Gasteiger partial charge in [0, 0.05) is 23.2 Å². The van der Waals surface area contributed by atoms with E-state index in [1.54, 1.807) is 6.07 Å². The number of halogens is 2. The Morgan fingerprint density at radius 3 is 2.47 bits per heavy atom. The van der Waals surface area contributed by atoms with Gasteiger partial charge in [-0.05, 0) is 41.9 Å². The molecule has 0 saturated carbocycles. The number of hydrogen-bond acceptors (Lipinski definition) is 3. The molecular weight excluding hydrogens is 304 g/mol. The Labute approximate surface area is 115 Å². The van der Waals surface area contributed by atoms with Gasteiger partial charge >= 0.3 is 0 Å². The molecule has 3 nitrogen and oxygen atoms in total. The number of morpholine rings is 1. The molecule has 5 heteroatoms. The predicted octanol–water partition coefficient (Wildman–Crippen LogP) is 3.30. The standard InChI is InChI=1S/C12H16BrClN2O/c1-7-5-16(6-8(2)17-7)12-10(13)3-9(15)4-11(12)14/h3-4,7-8H,5-6,15H2,1-2H3/t7-,8-/m0/s1. The molecule has 1 saturated heterocycles.